The zero-order valence-corrected chi connectivity index (χ0v) is 55.5. The van der Waals surface area contributed by atoms with E-state index >= 15 is 0 Å². The van der Waals surface area contributed by atoms with E-state index < -0.39 is 225 Å². The molecule has 0 aromatic heterocycles. The summed E-state index contributed by atoms with van der Waals surface area (Å²) in [5.41, 5.74) is -3.81. The number of aliphatic imine (C=N–C) groups is 6. The van der Waals surface area contributed by atoms with Crippen LogP contribution in [0.5, 0.6) is 69.0 Å². The van der Waals surface area contributed by atoms with Crippen LogP contribution in [0.4, 0.5) is 0 Å². The summed E-state index contributed by atoms with van der Waals surface area (Å²) < 4.78 is 71.6. The maximum Gasteiger partial charge on any atom is 0.446 e. The molecule has 12 atom stereocenters. The summed E-state index contributed by atoms with van der Waals surface area (Å²) in [6.07, 6.45) is -7.38. The van der Waals surface area contributed by atoms with E-state index in [0.29, 0.717) is 6.07 Å². The average Bonchev–Trinajstić information content (AvgIpc) is 0.753. The van der Waals surface area contributed by atoms with Crippen molar-refractivity contribution >= 4 is 98.2 Å². The minimum Gasteiger partial charge on any atom is -0.508 e. The molecule has 0 saturated carbocycles. The summed E-state index contributed by atoms with van der Waals surface area (Å²) in [5, 5.41) is 169. The lowest BCUT2D eigenvalue weighted by molar-refractivity contribution is -0.236. The van der Waals surface area contributed by atoms with E-state index in [0.717, 1.165) is 66.7 Å². The van der Waals surface area contributed by atoms with Crippen LogP contribution in [-0.2, 0) is 24.7 Å². The highest BCUT2D eigenvalue weighted by molar-refractivity contribution is 7.81. The van der Waals surface area contributed by atoms with Crippen molar-refractivity contribution in [2.45, 2.75) is 92.8 Å². The quantitative estimate of drug-likeness (QED) is 0.0688. The molecule has 17 bridgehead atoms. The number of aliphatic hydroxyl groups is 8. The van der Waals surface area contributed by atoms with Gasteiger partial charge in [-0.1, -0.05) is 64.6 Å². The van der Waals surface area contributed by atoms with Crippen molar-refractivity contribution in [3.8, 4) is 80.1 Å². The van der Waals surface area contributed by atoms with Crippen molar-refractivity contribution in [3.63, 3.8) is 0 Å². The minimum atomic E-state index is -5.57. The molecule has 0 aliphatic carbocycles. The third-order valence-electron chi connectivity index (χ3n) is 16.7. The van der Waals surface area contributed by atoms with Gasteiger partial charge in [0.05, 0.1) is 32.3 Å². The third kappa shape index (κ3) is 14.2. The molecule has 0 amide bonds. The Kier molecular flexibility index (Phi) is 19.5. The van der Waals surface area contributed by atoms with Gasteiger partial charge in [-0.25, -0.2) is 34.7 Å². The second-order valence-corrected chi connectivity index (χ2v) is 26.0. The SMILES string of the molecule is CN[C@H]1C(O)=N[C@H]2C(O)=N[C@H](C(O)=N[C@H]3C(O)=N[C@H]4C(O)=NC(C(O)=N[C@H](C(=O)O)c5cc(O)cc(O)c5-c5cc4ccc5OS(=O)(=O)O)[C@H](OC4CCC(O)C(C)O4)c4cc(Cl)c(c(Cl)c4)Oc4cc3cc(c4O)Oc3ccc(cc3Cl)[C@H]2O)c2cc(cc(O)c2Cl)Oc2cc1ccc2O. The number of phenolic OH excluding ortho intramolecular Hbond substituents is 5. The number of carboxylic acid groups (broad SMARTS) is 1. The molecule has 7 aliphatic rings. The lowest BCUT2D eigenvalue weighted by atomic mass is 9.90. The number of hydrogen-bond acceptors (Lipinski definition) is 23. The number of halogens is 4. The van der Waals surface area contributed by atoms with Gasteiger partial charge in [0, 0.05) is 40.8 Å². The number of aliphatic hydroxyl groups excluding tert-OH is 8. The van der Waals surface area contributed by atoms with E-state index in [1.165, 1.54) is 44.3 Å². The number of nitrogens with one attached hydrogen (secondary N) is 1. The molecule has 16 N–H and O–H groups in total. The predicted molar refractivity (Wildman–Crippen MR) is 362 cm³/mol. The number of carbonyl (C=O) groups is 1. The molecule has 36 heteroatoms. The zero-order chi connectivity index (χ0) is 72.5. The van der Waals surface area contributed by atoms with Crippen molar-refractivity contribution in [2.24, 2.45) is 30.0 Å². The van der Waals surface area contributed by atoms with Crippen molar-refractivity contribution in [2.75, 3.05) is 7.05 Å². The summed E-state index contributed by atoms with van der Waals surface area (Å²) in [6.45, 7) is 1.51. The second kappa shape index (κ2) is 27.8. The van der Waals surface area contributed by atoms with Crippen LogP contribution in [0.2, 0.25) is 20.1 Å². The van der Waals surface area contributed by atoms with Gasteiger partial charge in [-0.3, -0.25) is 4.55 Å². The van der Waals surface area contributed by atoms with E-state index in [4.69, 9.17) is 74.3 Å². The molecule has 7 aromatic carbocycles. The molecule has 7 aliphatic heterocycles. The monoisotopic (exact) mass is 1490 g/mol. The Bertz CT molecular complexity index is 4840. The number of rotatable bonds is 6. The number of likely N-dealkylation sites (N-methyl/N-ethyl adjacent to an activating group) is 1. The van der Waals surface area contributed by atoms with E-state index in [-0.39, 0.29) is 51.8 Å². The molecule has 4 unspecified atom stereocenters. The van der Waals surface area contributed by atoms with Crippen LogP contribution in [0.15, 0.2) is 133 Å². The van der Waals surface area contributed by atoms with E-state index in [1.54, 1.807) is 0 Å². The van der Waals surface area contributed by atoms with Gasteiger partial charge >= 0.3 is 16.4 Å². The first-order valence-corrected chi connectivity index (χ1v) is 32.8. The van der Waals surface area contributed by atoms with Gasteiger partial charge < -0.3 is 105 Å². The van der Waals surface area contributed by atoms with Gasteiger partial charge in [-0.15, -0.1) is 0 Å². The molecule has 1 fully saturated rings. The lowest BCUT2D eigenvalue weighted by Gasteiger charge is -2.35. The van der Waals surface area contributed by atoms with Crippen LogP contribution in [-0.4, -0.2) is 163 Å². The Morgan fingerprint density at radius 1 is 0.564 bits per heavy atom. The molecule has 101 heavy (non-hydrogen) atoms. The number of ether oxygens (including phenoxy) is 5. The molecule has 1 saturated heterocycles. The van der Waals surface area contributed by atoms with Gasteiger partial charge in [0.2, 0.25) is 41.1 Å². The van der Waals surface area contributed by atoms with E-state index in [2.05, 4.69) is 35.3 Å². The number of benzene rings is 7. The molecule has 31 nitrogen and oxygen atoms in total. The number of nitrogens with zero attached hydrogens (tertiary/aromatic N) is 6. The number of hydrogen-bond donors (Lipinski definition) is 16. The Morgan fingerprint density at radius 3 is 1.85 bits per heavy atom. The van der Waals surface area contributed by atoms with Crippen molar-refractivity contribution in [3.05, 3.63) is 162 Å². The molecule has 7 aromatic rings. The maximum absolute atomic E-state index is 13.6. The fourth-order valence-corrected chi connectivity index (χ4v) is 13.2. The normalized spacial score (nSPS) is 24.4. The van der Waals surface area contributed by atoms with Gasteiger partial charge in [0.1, 0.15) is 47.0 Å². The van der Waals surface area contributed by atoms with Gasteiger partial charge in [-0.2, -0.15) is 8.42 Å². The largest absolute Gasteiger partial charge is 0.508 e. The topological polar surface area (TPSA) is 496 Å². The molecular weight excluding hydrogens is 1440 g/mol. The third-order valence-corrected chi connectivity index (χ3v) is 18.3. The first-order valence-electron chi connectivity index (χ1n) is 29.9. The number of phenols is 5. The van der Waals surface area contributed by atoms with Crippen LogP contribution >= 0.6 is 46.4 Å². The van der Waals surface area contributed by atoms with E-state index in [1.807, 2.05) is 0 Å². The first-order chi connectivity index (χ1) is 47.8. The molecule has 0 spiro atoms. The maximum atomic E-state index is 13.6. The lowest BCUT2D eigenvalue weighted by Crippen LogP contribution is -2.41. The summed E-state index contributed by atoms with van der Waals surface area (Å²) in [4.78, 5) is 39.9. The number of aliphatic carboxylic acids is 1. The number of aromatic hydroxyl groups is 5. The zero-order valence-electron chi connectivity index (χ0n) is 51.6. The summed E-state index contributed by atoms with van der Waals surface area (Å²) in [5.74, 6) is -17.2. The van der Waals surface area contributed by atoms with Crippen LogP contribution in [0.3, 0.4) is 0 Å². The molecular formula is C65H55Cl4N7O24S. The van der Waals surface area contributed by atoms with Crippen molar-refractivity contribution < 1.29 is 117 Å². The summed E-state index contributed by atoms with van der Waals surface area (Å²) >= 11 is 28.1. The van der Waals surface area contributed by atoms with Crippen molar-refractivity contribution in [1.29, 1.82) is 0 Å². The van der Waals surface area contributed by atoms with Crippen LogP contribution in [0, 0.1) is 0 Å². The Hall–Kier alpha value is -10.1. The molecule has 528 valence electrons. The Balaban J connectivity index is 1.20. The highest BCUT2D eigenvalue weighted by Crippen LogP contribution is 2.52. The van der Waals surface area contributed by atoms with Crippen molar-refractivity contribution in [1.82, 2.24) is 5.32 Å². The second-order valence-electron chi connectivity index (χ2n) is 23.3. The Morgan fingerprint density at radius 2 is 1.18 bits per heavy atom. The van der Waals surface area contributed by atoms with Gasteiger partial charge in [0.25, 0.3) is 0 Å². The predicted octanol–water partition coefficient (Wildman–Crippen LogP) is 11.5. The molecule has 14 rings (SSSR count). The summed E-state index contributed by atoms with van der Waals surface area (Å²) in [7, 11) is -4.16. The van der Waals surface area contributed by atoms with Crippen LogP contribution < -0.4 is 23.7 Å². The summed E-state index contributed by atoms with van der Waals surface area (Å²) in [6, 6.07) is 2.53. The standard InChI is InChI=1S/C65H55Cl4N7O24S/c1-22-36(78)7-10-45(95-22)99-57-27-13-34(67)58(35(68)14-27)98-44-17-26-16-43(56(44)83)97-41-9-5-25(12-33(41)66)55(82)53-63(88)73-51(32-20-29(21-39(81)47(32)69)96-42-15-24(3-6-37(42)79)48(70-2)59(84)75-53)62(87)72-50(26)61(86)71-49-23-4-8-40(100-101(92,93)94)30(11-23)46-31(18-28(77)19-38(46)80)52(65(90)91)74-64(89)54(57)76-60(49)85/h3-6,8-9,11-22,36,45,48-55,57,70,77-83H,7,10H2,1-2H3,(H,71,86)(H,72,87)(H,73,88)(H,74,89)(H,75,84)(H,76,85)(H,90,91)(H,92,93,94)/t22?,36?,45?,48-,49-,50-,51+,52+,53-,54?,55-,57-/m1/s1. The number of carboxylic acids is 1. The highest BCUT2D eigenvalue weighted by Gasteiger charge is 2.42. The average molecular weight is 1490 g/mol. The molecule has 7 heterocycles. The van der Waals surface area contributed by atoms with Gasteiger partial charge in [0.15, 0.2) is 77.0 Å². The Labute approximate surface area is 589 Å². The first kappa shape index (κ1) is 70.8. The minimum absolute atomic E-state index is 0.0443. The molecule has 0 radical (unpaired) electrons. The smallest absolute Gasteiger partial charge is 0.446 e. The van der Waals surface area contributed by atoms with Crippen LogP contribution in [0.1, 0.15) is 101 Å². The fraction of sp³-hybridized carbons (Fsp3) is 0.246. The van der Waals surface area contributed by atoms with Crippen LogP contribution in [0.25, 0.3) is 11.1 Å². The fourth-order valence-electron chi connectivity index (χ4n) is 11.8. The van der Waals surface area contributed by atoms with E-state index in [9.17, 15) is 89.3 Å². The highest BCUT2D eigenvalue weighted by atomic mass is 35.5. The van der Waals surface area contributed by atoms with Gasteiger partial charge in [-0.05, 0) is 121 Å². The number of fused-ring (bicyclic) bond motifs is 12.